The maximum Gasteiger partial charge on any atom is 0.300 e. The lowest BCUT2D eigenvalue weighted by Crippen LogP contribution is -1.85. The highest BCUT2D eigenvalue weighted by atomic mass is 16.4. The summed E-state index contributed by atoms with van der Waals surface area (Å²) >= 11 is 0. The van der Waals surface area contributed by atoms with Gasteiger partial charge in [-0.1, -0.05) is 38.5 Å². The number of rotatable bonds is 0. The number of aliphatic carboxylic acids is 2. The van der Waals surface area contributed by atoms with Gasteiger partial charge >= 0.3 is 0 Å². The van der Waals surface area contributed by atoms with Gasteiger partial charge in [0.25, 0.3) is 11.9 Å². The molecule has 0 aromatic heterocycles. The maximum absolute atomic E-state index is 9.00. The van der Waals surface area contributed by atoms with E-state index in [0.717, 1.165) is 13.8 Å². The Balaban J connectivity index is 0. The highest BCUT2D eigenvalue weighted by molar-refractivity contribution is 5.63. The van der Waals surface area contributed by atoms with Gasteiger partial charge < -0.3 is 10.2 Å². The molecular formula is C10H20O4. The van der Waals surface area contributed by atoms with Crippen LogP contribution in [0.2, 0.25) is 0 Å². The highest BCUT2D eigenvalue weighted by Crippen LogP contribution is 2.15. The van der Waals surface area contributed by atoms with Gasteiger partial charge in [-0.15, -0.1) is 0 Å². The molecule has 1 saturated carbocycles. The maximum atomic E-state index is 9.00. The van der Waals surface area contributed by atoms with E-state index in [-0.39, 0.29) is 0 Å². The third-order valence-corrected chi connectivity index (χ3v) is 1.50. The van der Waals surface area contributed by atoms with Gasteiger partial charge in [-0.2, -0.15) is 0 Å². The molecule has 0 atom stereocenters. The normalized spacial score (nSPS) is 13.9. The van der Waals surface area contributed by atoms with E-state index in [2.05, 4.69) is 0 Å². The molecule has 0 radical (unpaired) electrons. The van der Waals surface area contributed by atoms with E-state index < -0.39 is 11.9 Å². The van der Waals surface area contributed by atoms with Gasteiger partial charge in [-0.25, -0.2) is 0 Å². The molecular weight excluding hydrogens is 184 g/mol. The van der Waals surface area contributed by atoms with Crippen molar-refractivity contribution in [3.8, 4) is 0 Å². The molecule has 0 aromatic carbocycles. The quantitative estimate of drug-likeness (QED) is 0.635. The van der Waals surface area contributed by atoms with E-state index in [1.165, 1.54) is 38.5 Å². The Kier molecular flexibility index (Phi) is 13.1. The van der Waals surface area contributed by atoms with Crippen molar-refractivity contribution >= 4 is 11.9 Å². The van der Waals surface area contributed by atoms with Crippen molar-refractivity contribution in [3.05, 3.63) is 0 Å². The molecule has 84 valence electrons. The van der Waals surface area contributed by atoms with Crippen molar-refractivity contribution in [2.45, 2.75) is 52.4 Å². The summed E-state index contributed by atoms with van der Waals surface area (Å²) in [5.74, 6) is -1.67. The minimum atomic E-state index is -0.833. The molecule has 4 heteroatoms. The molecule has 0 heterocycles. The third kappa shape index (κ3) is 44.3. The van der Waals surface area contributed by atoms with Crippen LogP contribution in [0.25, 0.3) is 0 Å². The SMILES string of the molecule is C1CCCCC1.CC(=O)O.CC(=O)O. The zero-order valence-corrected chi connectivity index (χ0v) is 8.95. The predicted molar refractivity (Wildman–Crippen MR) is 54.3 cm³/mol. The van der Waals surface area contributed by atoms with Crippen LogP contribution in [0.1, 0.15) is 52.4 Å². The fourth-order valence-electron chi connectivity index (χ4n) is 1.06. The largest absolute Gasteiger partial charge is 0.481 e. The minimum absolute atomic E-state index is 0.833. The van der Waals surface area contributed by atoms with E-state index in [0.29, 0.717) is 0 Å². The Labute approximate surface area is 84.9 Å². The van der Waals surface area contributed by atoms with Gasteiger partial charge in [0.2, 0.25) is 0 Å². The molecule has 0 spiro atoms. The number of carboxylic acids is 2. The van der Waals surface area contributed by atoms with Gasteiger partial charge in [-0.3, -0.25) is 9.59 Å². The van der Waals surface area contributed by atoms with Gasteiger partial charge in [0.15, 0.2) is 0 Å². The van der Waals surface area contributed by atoms with E-state index in [1.54, 1.807) is 0 Å². The van der Waals surface area contributed by atoms with Crippen molar-refractivity contribution in [2.24, 2.45) is 0 Å². The first kappa shape index (κ1) is 15.4. The van der Waals surface area contributed by atoms with Crippen LogP contribution in [-0.2, 0) is 9.59 Å². The van der Waals surface area contributed by atoms with Crippen LogP contribution in [0.3, 0.4) is 0 Å². The summed E-state index contributed by atoms with van der Waals surface area (Å²) in [5, 5.41) is 14.8. The smallest absolute Gasteiger partial charge is 0.300 e. The molecule has 0 unspecified atom stereocenters. The molecule has 0 aliphatic heterocycles. The second kappa shape index (κ2) is 11.9. The molecule has 1 aliphatic carbocycles. The van der Waals surface area contributed by atoms with Gasteiger partial charge in [0.1, 0.15) is 0 Å². The summed E-state index contributed by atoms with van der Waals surface area (Å²) in [6, 6.07) is 0. The summed E-state index contributed by atoms with van der Waals surface area (Å²) in [5.41, 5.74) is 0. The van der Waals surface area contributed by atoms with Crippen LogP contribution in [0, 0.1) is 0 Å². The van der Waals surface area contributed by atoms with Crippen LogP contribution >= 0.6 is 0 Å². The lowest BCUT2D eigenvalue weighted by Gasteiger charge is -2.05. The van der Waals surface area contributed by atoms with E-state index in [4.69, 9.17) is 19.8 Å². The van der Waals surface area contributed by atoms with Crippen molar-refractivity contribution < 1.29 is 19.8 Å². The first-order valence-electron chi connectivity index (χ1n) is 4.86. The minimum Gasteiger partial charge on any atom is -0.481 e. The van der Waals surface area contributed by atoms with Crippen molar-refractivity contribution in [3.63, 3.8) is 0 Å². The monoisotopic (exact) mass is 204 g/mol. The predicted octanol–water partition coefficient (Wildman–Crippen LogP) is 2.52. The second-order valence-corrected chi connectivity index (χ2v) is 3.16. The van der Waals surface area contributed by atoms with Crippen LogP contribution in [0.4, 0.5) is 0 Å². The van der Waals surface area contributed by atoms with E-state index in [1.807, 2.05) is 0 Å². The lowest BCUT2D eigenvalue weighted by molar-refractivity contribution is -0.135. The fraction of sp³-hybridized carbons (Fsp3) is 0.800. The van der Waals surface area contributed by atoms with Crippen molar-refractivity contribution in [1.29, 1.82) is 0 Å². The summed E-state index contributed by atoms with van der Waals surface area (Å²) in [4.78, 5) is 18.0. The summed E-state index contributed by atoms with van der Waals surface area (Å²) < 4.78 is 0. The highest BCUT2D eigenvalue weighted by Gasteiger charge is 1.95. The van der Waals surface area contributed by atoms with Gasteiger partial charge in [-0.05, 0) is 0 Å². The molecule has 1 rings (SSSR count). The fourth-order valence-corrected chi connectivity index (χ4v) is 1.06. The molecule has 0 saturated heterocycles. The van der Waals surface area contributed by atoms with Crippen LogP contribution in [0.15, 0.2) is 0 Å². The van der Waals surface area contributed by atoms with Crippen LogP contribution in [0.5, 0.6) is 0 Å². The Bertz CT molecular complexity index is 119. The Morgan fingerprint density at radius 1 is 0.714 bits per heavy atom. The van der Waals surface area contributed by atoms with E-state index in [9.17, 15) is 0 Å². The summed E-state index contributed by atoms with van der Waals surface area (Å²) in [6.45, 7) is 2.17. The molecule has 4 nitrogen and oxygen atoms in total. The topological polar surface area (TPSA) is 74.6 Å². The Morgan fingerprint density at radius 2 is 0.786 bits per heavy atom. The zero-order valence-electron chi connectivity index (χ0n) is 8.95. The molecule has 2 N–H and O–H groups in total. The number of hydrogen-bond acceptors (Lipinski definition) is 2. The number of carbonyl (C=O) groups is 2. The first-order chi connectivity index (χ1) is 6.46. The number of hydrogen-bond donors (Lipinski definition) is 2. The summed E-state index contributed by atoms with van der Waals surface area (Å²) in [6.07, 6.45) is 9.00. The standard InChI is InChI=1S/C6H12.2C2H4O2/c1-2-4-6-5-3-1;2*1-2(3)4/h1-6H2;2*1H3,(H,3,4). The van der Waals surface area contributed by atoms with Crippen LogP contribution in [-0.4, -0.2) is 22.2 Å². The van der Waals surface area contributed by atoms with Crippen LogP contribution < -0.4 is 0 Å². The van der Waals surface area contributed by atoms with Crippen molar-refractivity contribution in [1.82, 2.24) is 0 Å². The molecule has 1 aliphatic rings. The third-order valence-electron chi connectivity index (χ3n) is 1.50. The van der Waals surface area contributed by atoms with Crippen molar-refractivity contribution in [2.75, 3.05) is 0 Å². The molecule has 0 aromatic rings. The molecule has 0 bridgehead atoms. The second-order valence-electron chi connectivity index (χ2n) is 3.16. The van der Waals surface area contributed by atoms with Gasteiger partial charge in [0, 0.05) is 13.8 Å². The number of carboxylic acid groups (broad SMARTS) is 2. The average Bonchev–Trinajstić information content (AvgIpc) is 2.05. The average molecular weight is 204 g/mol. The lowest BCUT2D eigenvalue weighted by atomic mass is 10.0. The summed E-state index contributed by atoms with van der Waals surface area (Å²) in [7, 11) is 0. The Morgan fingerprint density at radius 3 is 0.857 bits per heavy atom. The molecule has 1 fully saturated rings. The molecule has 0 amide bonds. The van der Waals surface area contributed by atoms with Gasteiger partial charge in [0.05, 0.1) is 0 Å². The Hall–Kier alpha value is -1.06. The zero-order chi connectivity index (χ0) is 11.4. The first-order valence-corrected chi connectivity index (χ1v) is 4.86. The van der Waals surface area contributed by atoms with E-state index >= 15 is 0 Å². The molecule has 14 heavy (non-hydrogen) atoms.